The normalized spacial score (nSPS) is 11.4. The van der Waals surface area contributed by atoms with Gasteiger partial charge in [0, 0.05) is 64.6 Å². The molecule has 0 aliphatic rings. The number of fused-ring (bicyclic) bond motifs is 3. The Bertz CT molecular complexity index is 1950. The molecule has 0 amide bonds. The smallest absolute Gasteiger partial charge is 0.0467 e. The van der Waals surface area contributed by atoms with Gasteiger partial charge < -0.3 is 14.8 Å². The molecule has 0 aliphatic carbocycles. The molecule has 0 saturated heterocycles. The summed E-state index contributed by atoms with van der Waals surface area (Å²) in [6, 6.07) is 53.0. The van der Waals surface area contributed by atoms with Crippen molar-refractivity contribution in [2.24, 2.45) is 0 Å². The monoisotopic (exact) mass is 599 g/mol. The zero-order valence-electron chi connectivity index (χ0n) is 26.9. The number of unbranched alkanes of at least 4 members (excludes halogenated alkanes) is 1. The summed E-state index contributed by atoms with van der Waals surface area (Å²) in [7, 11) is 4.27. The summed E-state index contributed by atoms with van der Waals surface area (Å²) >= 11 is 0. The Balaban J connectivity index is 1.36. The maximum Gasteiger partial charge on any atom is 0.0467 e. The number of rotatable bonds is 10. The second-order valence-corrected chi connectivity index (χ2v) is 12.3. The molecule has 46 heavy (non-hydrogen) atoms. The second-order valence-electron chi connectivity index (χ2n) is 12.3. The molecule has 1 N–H and O–H groups in total. The highest BCUT2D eigenvalue weighted by atomic mass is 15.1. The van der Waals surface area contributed by atoms with Crippen LogP contribution in [0, 0.1) is 0 Å². The Morgan fingerprint density at radius 3 is 1.57 bits per heavy atom. The zero-order chi connectivity index (χ0) is 31.5. The molecule has 0 spiro atoms. The molecular formula is C43H41N3. The van der Waals surface area contributed by atoms with Crippen molar-refractivity contribution < 1.29 is 0 Å². The molecule has 1 heterocycles. The number of para-hydroxylation sites is 3. The number of H-pyrrole nitrogens is 1. The number of anilines is 4. The number of aromatic nitrogens is 1. The zero-order valence-corrected chi connectivity index (χ0v) is 26.9. The molecule has 0 bridgehead atoms. The lowest BCUT2D eigenvalue weighted by atomic mass is 9.81. The van der Waals surface area contributed by atoms with E-state index in [9.17, 15) is 0 Å². The molecule has 7 rings (SSSR count). The Morgan fingerprint density at radius 1 is 0.522 bits per heavy atom. The van der Waals surface area contributed by atoms with Crippen LogP contribution in [0.1, 0.15) is 47.9 Å². The van der Waals surface area contributed by atoms with Gasteiger partial charge in [-0.3, -0.25) is 0 Å². The standard InChI is InChI=1S/C43H41N3/c1-4-5-14-33-29-42-40(38-19-12-13-20-41(38)44-42)30-39(33)43(31-21-25-36(26-22-31)45(2)34-15-8-6-9-16-34)32-23-27-37(28-24-32)46(3)35-17-10-7-11-18-35/h6-13,15-30,43-44H,4-5,14H2,1-3H3. The fraction of sp³-hybridized carbons (Fsp3) is 0.163. The largest absolute Gasteiger partial charge is 0.355 e. The lowest BCUT2D eigenvalue weighted by molar-refractivity contribution is 0.782. The first-order chi connectivity index (χ1) is 22.6. The van der Waals surface area contributed by atoms with Crippen LogP contribution in [0.2, 0.25) is 0 Å². The molecule has 0 atom stereocenters. The average molecular weight is 600 g/mol. The van der Waals surface area contributed by atoms with Gasteiger partial charge >= 0.3 is 0 Å². The van der Waals surface area contributed by atoms with E-state index in [0.717, 1.165) is 19.3 Å². The van der Waals surface area contributed by atoms with Gasteiger partial charge in [0.25, 0.3) is 0 Å². The van der Waals surface area contributed by atoms with Crippen molar-refractivity contribution in [1.82, 2.24) is 4.98 Å². The van der Waals surface area contributed by atoms with Gasteiger partial charge in [-0.2, -0.15) is 0 Å². The summed E-state index contributed by atoms with van der Waals surface area (Å²) < 4.78 is 0. The van der Waals surface area contributed by atoms with E-state index >= 15 is 0 Å². The van der Waals surface area contributed by atoms with Crippen LogP contribution in [-0.2, 0) is 6.42 Å². The van der Waals surface area contributed by atoms with Crippen LogP contribution in [-0.4, -0.2) is 19.1 Å². The van der Waals surface area contributed by atoms with Crippen LogP contribution in [0.15, 0.2) is 146 Å². The number of benzene rings is 6. The Labute approximate surface area is 272 Å². The van der Waals surface area contributed by atoms with Crippen LogP contribution < -0.4 is 9.80 Å². The van der Waals surface area contributed by atoms with Crippen molar-refractivity contribution in [2.75, 3.05) is 23.9 Å². The quantitative estimate of drug-likeness (QED) is 0.158. The molecule has 0 fully saturated rings. The minimum Gasteiger partial charge on any atom is -0.355 e. The SMILES string of the molecule is CCCCc1cc2[nH]c3ccccc3c2cc1C(c1ccc(N(C)c2ccccc2)cc1)c1ccc(N(C)c2ccccc2)cc1. The molecule has 3 nitrogen and oxygen atoms in total. The maximum absolute atomic E-state index is 3.70. The highest BCUT2D eigenvalue weighted by molar-refractivity contribution is 6.07. The van der Waals surface area contributed by atoms with E-state index in [-0.39, 0.29) is 5.92 Å². The van der Waals surface area contributed by atoms with Crippen LogP contribution >= 0.6 is 0 Å². The van der Waals surface area contributed by atoms with Crippen molar-refractivity contribution >= 4 is 44.6 Å². The third-order valence-electron chi connectivity index (χ3n) is 9.39. The third kappa shape index (κ3) is 5.77. The summed E-state index contributed by atoms with van der Waals surface area (Å²) in [5.74, 6) is 0.0945. The number of aromatic amines is 1. The van der Waals surface area contributed by atoms with Gasteiger partial charge in [-0.05, 0) is 102 Å². The first kappa shape index (κ1) is 29.4. The molecule has 0 unspecified atom stereocenters. The first-order valence-electron chi connectivity index (χ1n) is 16.4. The molecule has 6 aromatic carbocycles. The second kappa shape index (κ2) is 13.0. The molecular weight excluding hydrogens is 558 g/mol. The lowest BCUT2D eigenvalue weighted by Gasteiger charge is -2.25. The predicted molar refractivity (Wildman–Crippen MR) is 197 cm³/mol. The molecule has 3 heteroatoms. The number of nitrogens with zero attached hydrogens (tertiary/aromatic N) is 2. The fourth-order valence-corrected chi connectivity index (χ4v) is 6.75. The van der Waals surface area contributed by atoms with E-state index < -0.39 is 0 Å². The summed E-state index contributed by atoms with van der Waals surface area (Å²) in [6.07, 6.45) is 3.38. The van der Waals surface area contributed by atoms with E-state index in [1.807, 2.05) is 0 Å². The van der Waals surface area contributed by atoms with Crippen LogP contribution in [0.3, 0.4) is 0 Å². The van der Waals surface area contributed by atoms with Crippen molar-refractivity contribution in [3.63, 3.8) is 0 Å². The maximum atomic E-state index is 3.70. The molecule has 1 aromatic heterocycles. The highest BCUT2D eigenvalue weighted by Gasteiger charge is 2.22. The molecule has 228 valence electrons. The van der Waals surface area contributed by atoms with Crippen LogP contribution in [0.5, 0.6) is 0 Å². The highest BCUT2D eigenvalue weighted by Crippen LogP contribution is 2.40. The van der Waals surface area contributed by atoms with Crippen molar-refractivity contribution in [3.8, 4) is 0 Å². The minimum atomic E-state index is 0.0945. The number of hydrogen-bond acceptors (Lipinski definition) is 2. The lowest BCUT2D eigenvalue weighted by Crippen LogP contribution is -2.11. The summed E-state index contributed by atoms with van der Waals surface area (Å²) in [5, 5.41) is 2.57. The van der Waals surface area contributed by atoms with Crippen molar-refractivity contribution in [2.45, 2.75) is 32.1 Å². The molecule has 7 aromatic rings. The van der Waals surface area contributed by atoms with Crippen LogP contribution in [0.4, 0.5) is 22.7 Å². The summed E-state index contributed by atoms with van der Waals surface area (Å²) in [5.41, 5.74) is 12.5. The fourth-order valence-electron chi connectivity index (χ4n) is 6.75. The van der Waals surface area contributed by atoms with Crippen molar-refractivity contribution in [1.29, 1.82) is 0 Å². The number of aryl methyl sites for hydroxylation is 1. The van der Waals surface area contributed by atoms with E-state index in [2.05, 4.69) is 181 Å². The summed E-state index contributed by atoms with van der Waals surface area (Å²) in [4.78, 5) is 8.20. The molecule has 0 saturated carbocycles. The van der Waals surface area contributed by atoms with Gasteiger partial charge in [0.2, 0.25) is 0 Å². The Kier molecular flexibility index (Phi) is 8.31. The van der Waals surface area contributed by atoms with Gasteiger partial charge in [0.05, 0.1) is 0 Å². The molecule has 0 radical (unpaired) electrons. The Morgan fingerprint density at radius 2 is 1.02 bits per heavy atom. The summed E-state index contributed by atoms with van der Waals surface area (Å²) in [6.45, 7) is 2.28. The minimum absolute atomic E-state index is 0.0945. The topological polar surface area (TPSA) is 22.3 Å². The van der Waals surface area contributed by atoms with Gasteiger partial charge in [-0.1, -0.05) is 92.2 Å². The third-order valence-corrected chi connectivity index (χ3v) is 9.39. The number of nitrogens with one attached hydrogen (secondary N) is 1. The van der Waals surface area contributed by atoms with Gasteiger partial charge in [0.1, 0.15) is 0 Å². The van der Waals surface area contributed by atoms with Crippen LogP contribution in [0.25, 0.3) is 21.8 Å². The first-order valence-corrected chi connectivity index (χ1v) is 16.4. The van der Waals surface area contributed by atoms with Gasteiger partial charge in [0.15, 0.2) is 0 Å². The predicted octanol–water partition coefficient (Wildman–Crippen LogP) is 11.4. The van der Waals surface area contributed by atoms with E-state index in [1.54, 1.807) is 0 Å². The number of hydrogen-bond donors (Lipinski definition) is 1. The van der Waals surface area contributed by atoms with Gasteiger partial charge in [-0.25, -0.2) is 0 Å². The van der Waals surface area contributed by atoms with E-state index in [0.29, 0.717) is 0 Å². The van der Waals surface area contributed by atoms with E-state index in [1.165, 1.54) is 66.8 Å². The average Bonchev–Trinajstić information content (AvgIpc) is 3.49. The van der Waals surface area contributed by atoms with Gasteiger partial charge in [-0.15, -0.1) is 0 Å². The molecule has 0 aliphatic heterocycles. The Hall–Kier alpha value is -5.28. The van der Waals surface area contributed by atoms with E-state index in [4.69, 9.17) is 0 Å². The van der Waals surface area contributed by atoms with Crippen molar-refractivity contribution in [3.05, 3.63) is 168 Å².